The van der Waals surface area contributed by atoms with Gasteiger partial charge in [-0.2, -0.15) is 12.6 Å². The molecule has 386 valence electrons. The normalized spacial score (nSPS) is 19.6. The number of aliphatic hydroxyl groups is 1. The summed E-state index contributed by atoms with van der Waals surface area (Å²) in [5, 5.41) is 19.2. The SMILES string of the molecule is Cc1ncsc1-c1ccc(CNC(=O)[C@@H]2CC(=O)CN2C(=O)[C@H](C(C)C)N2Cc3ccccc3C2OCc2ncsc2-c2ccc(CNC(=O)[C@@H]3C[C@@H](O)CN3C(=O)[C@H](CS)NC(=O)CCC(C)C)cc2)cc1. The highest BCUT2D eigenvalue weighted by molar-refractivity contribution is 7.80. The molecule has 0 radical (unpaired) electrons. The van der Waals surface area contributed by atoms with E-state index in [-0.39, 0.29) is 87.2 Å². The number of carbonyl (C=O) groups is 6. The fourth-order valence-corrected chi connectivity index (χ4v) is 11.7. The quantitative estimate of drug-likeness (QED) is 0.0555. The molecule has 0 saturated carbocycles. The number of β-amino-alcohol motifs (C(OH)–C–C–N with tert-alkyl or cyclic N) is 1. The summed E-state index contributed by atoms with van der Waals surface area (Å²) in [4.78, 5) is 97.1. The summed E-state index contributed by atoms with van der Waals surface area (Å²) in [5.74, 6) is -1.79. The zero-order valence-corrected chi connectivity index (χ0v) is 44.3. The molecule has 3 aromatic carbocycles. The van der Waals surface area contributed by atoms with Gasteiger partial charge in [0, 0.05) is 56.8 Å². The highest BCUT2D eigenvalue weighted by atomic mass is 32.1. The molecule has 5 amide bonds. The molecular weight excluding hydrogens is 985 g/mol. The van der Waals surface area contributed by atoms with Crippen molar-refractivity contribution in [2.75, 3.05) is 18.8 Å². The Morgan fingerprint density at radius 2 is 1.44 bits per heavy atom. The summed E-state index contributed by atoms with van der Waals surface area (Å²) >= 11 is 7.34. The number of aliphatic hydroxyl groups excluding tert-OH is 1. The molecule has 5 heterocycles. The van der Waals surface area contributed by atoms with Gasteiger partial charge in [0.2, 0.25) is 29.5 Å². The summed E-state index contributed by atoms with van der Waals surface area (Å²) in [5.41, 5.74) is 10.8. The van der Waals surface area contributed by atoms with Gasteiger partial charge in [-0.1, -0.05) is 100 Å². The topological polar surface area (TPSA) is 203 Å². The van der Waals surface area contributed by atoms with Gasteiger partial charge in [0.25, 0.3) is 0 Å². The lowest BCUT2D eigenvalue weighted by atomic mass is 10.00. The lowest BCUT2D eigenvalue weighted by Crippen LogP contribution is -2.55. The van der Waals surface area contributed by atoms with E-state index in [1.807, 2.05) is 118 Å². The number of ether oxygens (including phenoxy) is 1. The number of thiol groups is 1. The highest BCUT2D eigenvalue weighted by Crippen LogP contribution is 2.40. The van der Waals surface area contributed by atoms with Crippen molar-refractivity contribution in [1.29, 1.82) is 0 Å². The van der Waals surface area contributed by atoms with E-state index in [9.17, 15) is 33.9 Å². The predicted octanol–water partition coefficient (Wildman–Crippen LogP) is 6.21. The fourth-order valence-electron chi connectivity index (χ4n) is 9.83. The number of carbonyl (C=O) groups excluding carboxylic acids is 6. The number of aromatic nitrogens is 2. The number of likely N-dealkylation sites (tertiary alicyclic amines) is 2. The molecule has 0 aliphatic carbocycles. The number of nitrogens with one attached hydrogen (secondary N) is 3. The lowest BCUT2D eigenvalue weighted by Gasteiger charge is -2.37. The van der Waals surface area contributed by atoms with Gasteiger partial charge in [-0.05, 0) is 53.0 Å². The van der Waals surface area contributed by atoms with Gasteiger partial charge >= 0.3 is 0 Å². The molecular formula is C54H64N8O8S3. The van der Waals surface area contributed by atoms with E-state index in [2.05, 4.69) is 33.6 Å². The summed E-state index contributed by atoms with van der Waals surface area (Å²) in [6.07, 6.45) is -0.528. The van der Waals surface area contributed by atoms with Crippen LogP contribution in [0.4, 0.5) is 0 Å². The number of hydrogen-bond acceptors (Lipinski definition) is 14. The smallest absolute Gasteiger partial charge is 0.246 e. The minimum absolute atomic E-state index is 0.0194. The molecule has 0 spiro atoms. The molecule has 5 aromatic rings. The third-order valence-corrected chi connectivity index (χ3v) is 16.0. The molecule has 8 rings (SSSR count). The monoisotopic (exact) mass is 1050 g/mol. The van der Waals surface area contributed by atoms with E-state index in [0.29, 0.717) is 24.6 Å². The molecule has 1 unspecified atom stereocenters. The Labute approximate surface area is 439 Å². The van der Waals surface area contributed by atoms with Crippen molar-refractivity contribution < 1.29 is 38.6 Å². The molecule has 4 N–H and O–H groups in total. The molecule has 73 heavy (non-hydrogen) atoms. The molecule has 0 bridgehead atoms. The second-order valence-corrected chi connectivity index (χ2v) is 21.9. The van der Waals surface area contributed by atoms with Crippen molar-refractivity contribution in [3.8, 4) is 20.9 Å². The zero-order chi connectivity index (χ0) is 51.9. The molecule has 2 saturated heterocycles. The standard InChI is InChI=1S/C54H64N8O8S3/c1-31(2)10-19-46(65)59-43(28-71)52(68)60-25-39(63)20-44(60)50(66)55-23-35-13-17-37(18-14-35)49-42(58-30-73-49)27-70-54-41-9-7-6-8-38(41)24-62(54)47(32(3)4)53(69)61-26-40(64)21-45(61)51(67)56-22-34-11-15-36(16-12-34)48-33(5)57-29-72-48/h6-9,11-18,29-32,39,43-45,47,54,63,71H,10,19-28H2,1-5H3,(H,55,66)(H,56,67)(H,59,65)/t39-,43+,44+,45+,47+,54?/m1/s1. The van der Waals surface area contributed by atoms with E-state index in [1.165, 1.54) is 21.1 Å². The van der Waals surface area contributed by atoms with Crippen LogP contribution in [0.3, 0.4) is 0 Å². The maximum atomic E-state index is 14.8. The molecule has 3 aliphatic rings. The largest absolute Gasteiger partial charge is 0.391 e. The number of ketones is 1. The number of amides is 5. The van der Waals surface area contributed by atoms with Crippen LogP contribution < -0.4 is 16.0 Å². The van der Waals surface area contributed by atoms with Crippen molar-refractivity contribution in [2.24, 2.45) is 11.8 Å². The van der Waals surface area contributed by atoms with Crippen molar-refractivity contribution in [3.63, 3.8) is 0 Å². The van der Waals surface area contributed by atoms with Gasteiger partial charge in [0.05, 0.1) is 57.5 Å². The van der Waals surface area contributed by atoms with Crippen LogP contribution in [0.1, 0.15) is 93.2 Å². The van der Waals surface area contributed by atoms with Crippen LogP contribution in [0.2, 0.25) is 0 Å². The Morgan fingerprint density at radius 3 is 2.07 bits per heavy atom. The Kier molecular flexibility index (Phi) is 17.6. The number of benzene rings is 3. The Bertz CT molecular complexity index is 2780. The van der Waals surface area contributed by atoms with Crippen molar-refractivity contribution in [2.45, 2.75) is 123 Å². The second-order valence-electron chi connectivity index (χ2n) is 19.8. The molecule has 16 nitrogen and oxygen atoms in total. The van der Waals surface area contributed by atoms with E-state index in [0.717, 1.165) is 48.8 Å². The summed E-state index contributed by atoms with van der Waals surface area (Å²) in [7, 11) is 0. The molecule has 2 fully saturated rings. The maximum Gasteiger partial charge on any atom is 0.246 e. The van der Waals surface area contributed by atoms with Crippen molar-refractivity contribution in [1.82, 2.24) is 40.6 Å². The summed E-state index contributed by atoms with van der Waals surface area (Å²) in [6, 6.07) is 20.1. The van der Waals surface area contributed by atoms with E-state index < -0.39 is 48.3 Å². The third-order valence-electron chi connectivity index (χ3n) is 13.7. The van der Waals surface area contributed by atoms with Crippen LogP contribution >= 0.6 is 35.3 Å². The Balaban J connectivity index is 0.896. The minimum Gasteiger partial charge on any atom is -0.391 e. The number of hydrogen-bond donors (Lipinski definition) is 5. The third kappa shape index (κ3) is 12.6. The number of nitrogens with zero attached hydrogens (tertiary/aromatic N) is 5. The first-order valence-corrected chi connectivity index (χ1v) is 27.2. The predicted molar refractivity (Wildman–Crippen MR) is 283 cm³/mol. The van der Waals surface area contributed by atoms with Crippen LogP contribution in [0.15, 0.2) is 83.8 Å². The lowest BCUT2D eigenvalue weighted by molar-refractivity contribution is -0.153. The molecule has 2 aromatic heterocycles. The van der Waals surface area contributed by atoms with E-state index in [1.54, 1.807) is 16.8 Å². The average Bonchev–Trinajstić information content (AvgIpc) is 4.24. The van der Waals surface area contributed by atoms with E-state index in [4.69, 9.17) is 9.72 Å². The summed E-state index contributed by atoms with van der Waals surface area (Å²) < 4.78 is 6.78. The minimum atomic E-state index is -0.940. The highest BCUT2D eigenvalue weighted by Gasteiger charge is 2.47. The number of fused-ring (bicyclic) bond motifs is 1. The maximum absolute atomic E-state index is 14.8. The second kappa shape index (κ2) is 24.0. The zero-order valence-electron chi connectivity index (χ0n) is 41.8. The summed E-state index contributed by atoms with van der Waals surface area (Å²) in [6.45, 7) is 10.7. The molecule has 6 atom stereocenters. The first-order valence-electron chi connectivity index (χ1n) is 24.8. The van der Waals surface area contributed by atoms with Crippen LogP contribution in [0.5, 0.6) is 0 Å². The van der Waals surface area contributed by atoms with Crippen molar-refractivity contribution >= 4 is 70.6 Å². The van der Waals surface area contributed by atoms with Crippen molar-refractivity contribution in [3.05, 3.63) is 117 Å². The van der Waals surface area contributed by atoms with Gasteiger partial charge in [-0.15, -0.1) is 22.7 Å². The number of aryl methyl sites for hydroxylation is 1. The Hall–Kier alpha value is -5.83. The van der Waals surface area contributed by atoms with Crippen LogP contribution in [-0.4, -0.2) is 114 Å². The van der Waals surface area contributed by atoms with Crippen LogP contribution in [-0.2, 0) is 59.7 Å². The molecule has 3 aliphatic heterocycles. The van der Waals surface area contributed by atoms with Crippen LogP contribution in [0.25, 0.3) is 20.9 Å². The fraction of sp³-hybridized carbons (Fsp3) is 0.444. The number of rotatable bonds is 20. The van der Waals surface area contributed by atoms with Gasteiger partial charge in [0.1, 0.15) is 24.4 Å². The number of Topliss-reactive ketones (excluding diaryl/α,β-unsaturated/α-hetero) is 1. The van der Waals surface area contributed by atoms with Gasteiger partial charge < -0.3 is 35.6 Å². The van der Waals surface area contributed by atoms with Crippen LogP contribution in [0, 0.1) is 18.8 Å². The average molecular weight is 1050 g/mol. The molecule has 19 heteroatoms. The van der Waals surface area contributed by atoms with Gasteiger partial charge in [0.15, 0.2) is 5.78 Å². The Morgan fingerprint density at radius 1 is 0.808 bits per heavy atom. The number of thiazole rings is 2. The first-order chi connectivity index (χ1) is 35.1. The first kappa shape index (κ1) is 53.5. The van der Waals surface area contributed by atoms with Gasteiger partial charge in [-0.25, -0.2) is 9.97 Å². The van der Waals surface area contributed by atoms with E-state index >= 15 is 0 Å². The van der Waals surface area contributed by atoms with Gasteiger partial charge in [-0.3, -0.25) is 33.7 Å².